The van der Waals surface area contributed by atoms with Gasteiger partial charge in [0, 0.05) is 6.92 Å². The van der Waals surface area contributed by atoms with Crippen LogP contribution in [0.4, 0.5) is 0 Å². The third-order valence-corrected chi connectivity index (χ3v) is 2.88. The van der Waals surface area contributed by atoms with Gasteiger partial charge in [-0.15, -0.1) is 4.52 Å². The minimum atomic E-state index is -3.81. The van der Waals surface area contributed by atoms with Crippen LogP contribution in [0.3, 0.4) is 0 Å². The van der Waals surface area contributed by atoms with E-state index in [9.17, 15) is 17.8 Å². The lowest BCUT2D eigenvalue weighted by Gasteiger charge is -2.00. The van der Waals surface area contributed by atoms with Crippen LogP contribution < -0.4 is 0 Å². The SMILES string of the molecule is CO[P+](=O)C(OS(C)(=O)=O)C(C)=O. The maximum atomic E-state index is 10.9. The van der Waals surface area contributed by atoms with Crippen molar-refractivity contribution in [2.45, 2.75) is 12.8 Å². The first-order valence-corrected chi connectivity index (χ1v) is 6.23. The van der Waals surface area contributed by atoms with Gasteiger partial charge in [-0.2, -0.15) is 8.42 Å². The molecule has 0 amide bonds. The van der Waals surface area contributed by atoms with Crippen LogP contribution in [-0.4, -0.2) is 33.4 Å². The molecule has 0 rings (SSSR count). The van der Waals surface area contributed by atoms with Gasteiger partial charge in [-0.3, -0.25) is 4.79 Å². The summed E-state index contributed by atoms with van der Waals surface area (Å²) in [5.74, 6) is -2.21. The first kappa shape index (κ1) is 12.6. The highest BCUT2D eigenvalue weighted by Gasteiger charge is 2.40. The summed E-state index contributed by atoms with van der Waals surface area (Å²) in [5.41, 5.74) is 0. The van der Waals surface area contributed by atoms with E-state index in [0.29, 0.717) is 0 Å². The lowest BCUT2D eigenvalue weighted by molar-refractivity contribution is -0.120. The van der Waals surface area contributed by atoms with Crippen LogP contribution in [-0.2, 0) is 28.2 Å². The number of ketones is 1. The lowest BCUT2D eigenvalue weighted by Crippen LogP contribution is -2.21. The normalized spacial score (nSPS) is 15.2. The van der Waals surface area contributed by atoms with E-state index in [1.54, 1.807) is 0 Å². The Balaban J connectivity index is 4.65. The number of carbonyl (C=O) groups excluding carboxylic acids is 1. The quantitative estimate of drug-likeness (QED) is 0.496. The van der Waals surface area contributed by atoms with Crippen LogP contribution in [0.5, 0.6) is 0 Å². The second kappa shape index (κ2) is 4.76. The summed E-state index contributed by atoms with van der Waals surface area (Å²) in [6.07, 6.45) is 0.766. The predicted molar refractivity (Wildman–Crippen MR) is 45.0 cm³/mol. The molecule has 76 valence electrons. The molecule has 0 bridgehead atoms. The standard InChI is InChI=1S/C5H10O6PS/c1-4(6)5(12(7)10-2)11-13(3,8)9/h5H,1-3H3/q+1. The van der Waals surface area contributed by atoms with E-state index >= 15 is 0 Å². The van der Waals surface area contributed by atoms with E-state index in [0.717, 1.165) is 20.3 Å². The molecule has 6 nitrogen and oxygen atoms in total. The number of rotatable bonds is 5. The largest absolute Gasteiger partial charge is 0.549 e. The molecule has 0 heterocycles. The van der Waals surface area contributed by atoms with E-state index in [1.165, 1.54) is 0 Å². The van der Waals surface area contributed by atoms with Crippen molar-refractivity contribution in [1.29, 1.82) is 0 Å². The summed E-state index contributed by atoms with van der Waals surface area (Å²) in [5, 5.41) is 0. The van der Waals surface area contributed by atoms with Crippen LogP contribution in [0.2, 0.25) is 0 Å². The Morgan fingerprint density at radius 2 is 1.92 bits per heavy atom. The molecule has 0 aromatic carbocycles. The first-order valence-electron chi connectivity index (χ1n) is 3.17. The number of Topliss-reactive ketones (excluding diaryl/α,β-unsaturated/α-hetero) is 1. The highest BCUT2D eigenvalue weighted by molar-refractivity contribution is 7.86. The zero-order valence-electron chi connectivity index (χ0n) is 7.38. The first-order chi connectivity index (χ1) is 5.78. The Morgan fingerprint density at radius 1 is 1.46 bits per heavy atom. The second-order valence-electron chi connectivity index (χ2n) is 2.23. The average molecular weight is 229 g/mol. The summed E-state index contributed by atoms with van der Waals surface area (Å²) < 4.78 is 40.7. The lowest BCUT2D eigenvalue weighted by atomic mass is 10.5. The van der Waals surface area contributed by atoms with E-state index in [1.807, 2.05) is 0 Å². The van der Waals surface area contributed by atoms with Crippen LogP contribution in [0.15, 0.2) is 0 Å². The molecule has 0 fully saturated rings. The number of hydrogen-bond donors (Lipinski definition) is 0. The van der Waals surface area contributed by atoms with E-state index in [2.05, 4.69) is 8.71 Å². The van der Waals surface area contributed by atoms with Crippen molar-refractivity contribution in [1.82, 2.24) is 0 Å². The van der Waals surface area contributed by atoms with Gasteiger partial charge in [0.2, 0.25) is 5.78 Å². The fourth-order valence-corrected chi connectivity index (χ4v) is 2.22. The fourth-order valence-electron chi connectivity index (χ4n) is 0.513. The number of hydrogen-bond acceptors (Lipinski definition) is 6. The fraction of sp³-hybridized carbons (Fsp3) is 0.800. The molecule has 0 spiro atoms. The van der Waals surface area contributed by atoms with Gasteiger partial charge in [0.15, 0.2) is 0 Å². The molecule has 0 aromatic heterocycles. The summed E-state index contributed by atoms with van der Waals surface area (Å²) in [4.78, 5) is 10.8. The molecule has 0 saturated carbocycles. The van der Waals surface area contributed by atoms with Crippen molar-refractivity contribution in [3.8, 4) is 0 Å². The molecule has 2 atom stereocenters. The summed E-state index contributed by atoms with van der Waals surface area (Å²) in [6, 6.07) is 0. The zero-order chi connectivity index (χ0) is 10.6. The Hall–Kier alpha value is -0.360. The Kier molecular flexibility index (Phi) is 4.63. The molecule has 0 saturated heterocycles. The van der Waals surface area contributed by atoms with Gasteiger partial charge >= 0.3 is 13.9 Å². The Labute approximate surface area is 77.2 Å². The number of carbonyl (C=O) groups is 1. The van der Waals surface area contributed by atoms with Crippen LogP contribution in [0.25, 0.3) is 0 Å². The van der Waals surface area contributed by atoms with Crippen LogP contribution in [0, 0.1) is 0 Å². The highest BCUT2D eigenvalue weighted by Crippen LogP contribution is 2.30. The smallest absolute Gasteiger partial charge is 0.292 e. The molecule has 0 aliphatic carbocycles. The topological polar surface area (TPSA) is 86.7 Å². The molecule has 0 aliphatic rings. The molecule has 13 heavy (non-hydrogen) atoms. The van der Waals surface area contributed by atoms with Gasteiger partial charge in [0.25, 0.3) is 10.1 Å². The van der Waals surface area contributed by atoms with Crippen molar-refractivity contribution in [3.63, 3.8) is 0 Å². The summed E-state index contributed by atoms with van der Waals surface area (Å²) >= 11 is 0. The Morgan fingerprint density at radius 3 is 2.15 bits per heavy atom. The summed E-state index contributed by atoms with van der Waals surface area (Å²) in [6.45, 7) is 1.07. The molecule has 2 unspecified atom stereocenters. The highest BCUT2D eigenvalue weighted by atomic mass is 32.2. The molecular formula is C5H10O6PS+. The van der Waals surface area contributed by atoms with Crippen molar-refractivity contribution in [3.05, 3.63) is 0 Å². The van der Waals surface area contributed by atoms with Gasteiger partial charge in [-0.25, -0.2) is 4.18 Å². The summed E-state index contributed by atoms with van der Waals surface area (Å²) in [7, 11) is -5.16. The van der Waals surface area contributed by atoms with Gasteiger partial charge in [-0.05, 0) is 4.57 Å². The molecule has 0 aliphatic heterocycles. The zero-order valence-corrected chi connectivity index (χ0v) is 9.09. The van der Waals surface area contributed by atoms with Crippen molar-refractivity contribution >= 4 is 23.9 Å². The van der Waals surface area contributed by atoms with Crippen LogP contribution in [0.1, 0.15) is 6.92 Å². The monoisotopic (exact) mass is 229 g/mol. The third kappa shape index (κ3) is 5.05. The maximum Gasteiger partial charge on any atom is 0.549 e. The minimum Gasteiger partial charge on any atom is -0.292 e. The molecule has 0 N–H and O–H groups in total. The second-order valence-corrected chi connectivity index (χ2v) is 5.24. The van der Waals surface area contributed by atoms with E-state index < -0.39 is 29.8 Å². The van der Waals surface area contributed by atoms with Gasteiger partial charge < -0.3 is 0 Å². The van der Waals surface area contributed by atoms with Crippen molar-refractivity contribution < 1.29 is 26.5 Å². The molecule has 8 heteroatoms. The molecule has 0 radical (unpaired) electrons. The third-order valence-electron chi connectivity index (χ3n) is 0.985. The minimum absolute atomic E-state index is 0.659. The van der Waals surface area contributed by atoms with Crippen molar-refractivity contribution in [2.24, 2.45) is 0 Å². The maximum absolute atomic E-state index is 10.9. The van der Waals surface area contributed by atoms with Gasteiger partial charge in [0.1, 0.15) is 0 Å². The average Bonchev–Trinajstić information content (AvgIpc) is 1.96. The van der Waals surface area contributed by atoms with Crippen LogP contribution >= 0.6 is 8.03 Å². The van der Waals surface area contributed by atoms with Crippen molar-refractivity contribution in [2.75, 3.05) is 13.4 Å². The predicted octanol–water partition coefficient (Wildman–Crippen LogP) is 0.266. The van der Waals surface area contributed by atoms with Gasteiger partial charge in [-0.1, -0.05) is 0 Å². The van der Waals surface area contributed by atoms with E-state index in [4.69, 9.17) is 0 Å². The van der Waals surface area contributed by atoms with E-state index in [-0.39, 0.29) is 0 Å². The Bertz CT molecular complexity index is 307. The molecular weight excluding hydrogens is 219 g/mol. The van der Waals surface area contributed by atoms with Gasteiger partial charge in [0.05, 0.1) is 13.4 Å². The molecule has 0 aromatic rings.